The minimum absolute atomic E-state index is 0.250. The van der Waals surface area contributed by atoms with Crippen molar-refractivity contribution >= 4 is 15.9 Å². The van der Waals surface area contributed by atoms with E-state index in [1.54, 1.807) is 12.4 Å². The number of halogens is 1. The molecule has 0 aliphatic rings. The lowest BCUT2D eigenvalue weighted by Crippen LogP contribution is -2.20. The molecule has 1 aromatic carbocycles. The molecule has 0 bridgehead atoms. The van der Waals surface area contributed by atoms with Crippen LogP contribution < -0.4 is 5.73 Å². The summed E-state index contributed by atoms with van der Waals surface area (Å²) in [5, 5.41) is 8.93. The maximum Gasteiger partial charge on any atom is 0.0994 e. The number of nitrogens with two attached hydrogens (primary N) is 1. The first-order chi connectivity index (χ1) is 9.58. The number of rotatable bonds is 4. The van der Waals surface area contributed by atoms with E-state index in [4.69, 9.17) is 11.0 Å². The molecule has 1 aromatic heterocycles. The van der Waals surface area contributed by atoms with Gasteiger partial charge in [-0.25, -0.2) is 4.98 Å². The van der Waals surface area contributed by atoms with Crippen molar-refractivity contribution in [1.82, 2.24) is 9.55 Å². The van der Waals surface area contributed by atoms with Gasteiger partial charge in [0.25, 0.3) is 0 Å². The van der Waals surface area contributed by atoms with E-state index < -0.39 is 0 Å². The van der Waals surface area contributed by atoms with E-state index in [0.717, 1.165) is 15.9 Å². The largest absolute Gasteiger partial charge is 0.330 e. The number of hydrogen-bond donors (Lipinski definition) is 1. The zero-order chi connectivity index (χ0) is 14.7. The Labute approximate surface area is 127 Å². The lowest BCUT2D eigenvalue weighted by atomic mass is 9.93. The molecule has 2 N–H and O–H groups in total. The van der Waals surface area contributed by atoms with Crippen LogP contribution in [0.4, 0.5) is 0 Å². The van der Waals surface area contributed by atoms with Gasteiger partial charge in [0.15, 0.2) is 0 Å². The fourth-order valence-corrected chi connectivity index (χ4v) is 2.86. The summed E-state index contributed by atoms with van der Waals surface area (Å²) in [4.78, 5) is 4.26. The minimum Gasteiger partial charge on any atom is -0.330 e. The summed E-state index contributed by atoms with van der Waals surface area (Å²) in [6, 6.07) is 7.66. The highest BCUT2D eigenvalue weighted by Gasteiger charge is 2.19. The maximum atomic E-state index is 8.93. The van der Waals surface area contributed by atoms with Crippen LogP contribution in [0.1, 0.15) is 31.0 Å². The first-order valence-electron chi connectivity index (χ1n) is 6.50. The Hall–Kier alpha value is -1.64. The molecule has 0 saturated heterocycles. The van der Waals surface area contributed by atoms with Gasteiger partial charge in [0.05, 0.1) is 23.6 Å². The fourth-order valence-electron chi connectivity index (χ4n) is 2.29. The molecule has 20 heavy (non-hydrogen) atoms. The molecule has 0 saturated carbocycles. The second kappa shape index (κ2) is 6.21. The lowest BCUT2D eigenvalue weighted by molar-refractivity contribution is 0.489. The van der Waals surface area contributed by atoms with Crippen molar-refractivity contribution in [2.75, 3.05) is 6.54 Å². The van der Waals surface area contributed by atoms with E-state index in [1.807, 2.05) is 22.9 Å². The van der Waals surface area contributed by atoms with Gasteiger partial charge in [0, 0.05) is 28.8 Å². The van der Waals surface area contributed by atoms with Crippen molar-refractivity contribution in [3.63, 3.8) is 0 Å². The normalized spacial score (nSPS) is 12.4. The highest BCUT2D eigenvalue weighted by Crippen LogP contribution is 2.29. The molecule has 0 aliphatic carbocycles. The fraction of sp³-hybridized carbons (Fsp3) is 0.333. The highest BCUT2D eigenvalue weighted by molar-refractivity contribution is 9.10. The second-order valence-electron chi connectivity index (χ2n) is 5.05. The molecule has 104 valence electrons. The maximum absolute atomic E-state index is 8.93. The van der Waals surface area contributed by atoms with Gasteiger partial charge >= 0.3 is 0 Å². The predicted octanol–water partition coefficient (Wildman–Crippen LogP) is 3.20. The zero-order valence-electron chi connectivity index (χ0n) is 11.5. The highest BCUT2D eigenvalue weighted by atomic mass is 79.9. The van der Waals surface area contributed by atoms with Crippen molar-refractivity contribution in [3.05, 3.63) is 46.5 Å². The third kappa shape index (κ3) is 2.77. The van der Waals surface area contributed by atoms with Crippen LogP contribution in [0, 0.1) is 17.2 Å². The summed E-state index contributed by atoms with van der Waals surface area (Å²) in [5.74, 6) is 0.688. The number of benzene rings is 1. The summed E-state index contributed by atoms with van der Waals surface area (Å²) in [7, 11) is 0. The van der Waals surface area contributed by atoms with E-state index in [2.05, 4.69) is 40.8 Å². The molecule has 2 rings (SSSR count). The van der Waals surface area contributed by atoms with Crippen LogP contribution in [0.15, 0.2) is 35.2 Å². The third-order valence-electron chi connectivity index (χ3n) is 3.44. The molecule has 4 nitrogen and oxygen atoms in total. The van der Waals surface area contributed by atoms with E-state index >= 15 is 0 Å². The summed E-state index contributed by atoms with van der Waals surface area (Å²) in [6.45, 7) is 4.89. The van der Waals surface area contributed by atoms with Gasteiger partial charge in [-0.15, -0.1) is 0 Å². The van der Waals surface area contributed by atoms with Gasteiger partial charge in [-0.3, -0.25) is 0 Å². The first kappa shape index (κ1) is 14.8. The number of nitriles is 1. The van der Waals surface area contributed by atoms with Crippen LogP contribution >= 0.6 is 15.9 Å². The third-order valence-corrected chi connectivity index (χ3v) is 4.08. The summed E-state index contributed by atoms with van der Waals surface area (Å²) in [5.41, 5.74) is 8.58. The molecule has 0 spiro atoms. The van der Waals surface area contributed by atoms with Crippen LogP contribution in [0.2, 0.25) is 0 Å². The Morgan fingerprint density at radius 2 is 2.20 bits per heavy atom. The van der Waals surface area contributed by atoms with Crippen molar-refractivity contribution in [2.45, 2.75) is 19.8 Å². The first-order valence-corrected chi connectivity index (χ1v) is 7.30. The van der Waals surface area contributed by atoms with Gasteiger partial charge in [-0.2, -0.15) is 5.26 Å². The molecule has 1 heterocycles. The van der Waals surface area contributed by atoms with Crippen LogP contribution in [0.25, 0.3) is 5.69 Å². The van der Waals surface area contributed by atoms with Crippen molar-refractivity contribution in [1.29, 1.82) is 5.26 Å². The van der Waals surface area contributed by atoms with Gasteiger partial charge in [-0.05, 0) is 40.0 Å². The summed E-state index contributed by atoms with van der Waals surface area (Å²) >= 11 is 3.52. The lowest BCUT2D eigenvalue weighted by Gasteiger charge is -2.21. The van der Waals surface area contributed by atoms with E-state index in [9.17, 15) is 0 Å². The molecular formula is C15H17BrN4. The van der Waals surface area contributed by atoms with Crippen LogP contribution in [-0.2, 0) is 0 Å². The average Bonchev–Trinajstić information content (AvgIpc) is 2.88. The molecule has 0 radical (unpaired) electrons. The van der Waals surface area contributed by atoms with Crippen molar-refractivity contribution in [2.24, 2.45) is 11.7 Å². The molecule has 0 fully saturated rings. The molecular weight excluding hydrogens is 316 g/mol. The summed E-state index contributed by atoms with van der Waals surface area (Å²) < 4.78 is 2.90. The molecule has 0 amide bonds. The summed E-state index contributed by atoms with van der Waals surface area (Å²) in [6.07, 6.45) is 3.65. The van der Waals surface area contributed by atoms with Crippen molar-refractivity contribution < 1.29 is 0 Å². The zero-order valence-corrected chi connectivity index (χ0v) is 13.1. The van der Waals surface area contributed by atoms with E-state index in [0.29, 0.717) is 18.0 Å². The second-order valence-corrected chi connectivity index (χ2v) is 5.91. The Kier molecular flexibility index (Phi) is 4.58. The predicted molar refractivity (Wildman–Crippen MR) is 82.6 cm³/mol. The molecule has 1 atom stereocenters. The van der Waals surface area contributed by atoms with Gasteiger partial charge in [0.1, 0.15) is 0 Å². The Morgan fingerprint density at radius 3 is 2.75 bits per heavy atom. The van der Waals surface area contributed by atoms with Crippen molar-refractivity contribution in [3.8, 4) is 11.8 Å². The van der Waals surface area contributed by atoms with E-state index in [1.165, 1.54) is 0 Å². The average molecular weight is 333 g/mol. The monoisotopic (exact) mass is 332 g/mol. The minimum atomic E-state index is 0.250. The standard InChI is InChI=1S/C15H17BrN4/c1-10(2)12(7-18)15-8-19-9-20(15)14-4-3-11(6-17)5-13(14)16/h3-5,8-10,12H,7,18H2,1-2H3. The molecule has 0 aliphatic heterocycles. The van der Waals surface area contributed by atoms with Crippen LogP contribution in [-0.4, -0.2) is 16.1 Å². The topological polar surface area (TPSA) is 67.6 Å². The quantitative estimate of drug-likeness (QED) is 0.934. The van der Waals surface area contributed by atoms with Gasteiger partial charge in [-0.1, -0.05) is 13.8 Å². The number of aromatic nitrogens is 2. The molecule has 2 aromatic rings. The van der Waals surface area contributed by atoms with Gasteiger partial charge in [0.2, 0.25) is 0 Å². The van der Waals surface area contributed by atoms with Crippen LogP contribution in [0.5, 0.6) is 0 Å². The number of imidazole rings is 1. The Balaban J connectivity index is 2.50. The Bertz CT molecular complexity index is 640. The van der Waals surface area contributed by atoms with Crippen LogP contribution in [0.3, 0.4) is 0 Å². The SMILES string of the molecule is CC(C)C(CN)c1cncn1-c1ccc(C#N)cc1Br. The molecule has 1 unspecified atom stereocenters. The Morgan fingerprint density at radius 1 is 1.45 bits per heavy atom. The number of hydrogen-bond acceptors (Lipinski definition) is 3. The van der Waals surface area contributed by atoms with E-state index in [-0.39, 0.29) is 5.92 Å². The smallest absolute Gasteiger partial charge is 0.0994 e. The molecule has 5 heteroatoms. The van der Waals surface area contributed by atoms with Gasteiger partial charge < -0.3 is 10.3 Å². The number of nitrogens with zero attached hydrogens (tertiary/aromatic N) is 3.